The summed E-state index contributed by atoms with van der Waals surface area (Å²) >= 11 is 0. The molecular weight excluding hydrogens is 1550 g/mol. The van der Waals surface area contributed by atoms with Crippen LogP contribution < -0.4 is 56.1 Å². The van der Waals surface area contributed by atoms with Gasteiger partial charge in [-0.2, -0.15) is 0 Å². The van der Waals surface area contributed by atoms with Gasteiger partial charge in [-0.05, 0) is 160 Å². The number of ether oxygens (including phenoxy) is 6. The molecular formula is C87H132N12O21+4. The van der Waals surface area contributed by atoms with Crippen molar-refractivity contribution in [3.63, 3.8) is 0 Å². The highest BCUT2D eigenvalue weighted by atomic mass is 16.6. The Kier molecular flexibility index (Phi) is 54.4. The molecule has 0 saturated carbocycles. The first-order valence-corrected chi connectivity index (χ1v) is 40.4. The van der Waals surface area contributed by atoms with Gasteiger partial charge in [-0.15, -0.1) is 18.7 Å². The van der Waals surface area contributed by atoms with Crippen LogP contribution in [0.3, 0.4) is 0 Å². The molecule has 0 aromatic heterocycles. The minimum absolute atomic E-state index is 0.00417. The number of ketones is 6. The van der Waals surface area contributed by atoms with E-state index < -0.39 is 95.8 Å². The average molecular weight is 1680 g/mol. The van der Waals surface area contributed by atoms with Crippen LogP contribution in [-0.2, 0) is 97.4 Å². The maximum absolute atomic E-state index is 13.0. The lowest BCUT2D eigenvalue weighted by Crippen LogP contribution is -2.46. The molecule has 0 fully saturated rings. The molecule has 2 heterocycles. The largest absolute Gasteiger partial charge is 0.464 e. The molecule has 0 spiro atoms. The van der Waals surface area contributed by atoms with Crippen LogP contribution in [0.5, 0.6) is 5.75 Å². The number of rotatable bonds is 49. The summed E-state index contributed by atoms with van der Waals surface area (Å²) in [6.45, 7) is 40.6. The summed E-state index contributed by atoms with van der Waals surface area (Å²) in [5, 5.41) is 10.5. The SMILES string of the molecule is C=[N+]=CC(=O)CC[C@H](NC(=O)C1=CN(C)C=CC1)C(=O)OC(C)C.C=[N+]=CC(=O)CC[C@H](NC(=O)OCc1ccc(OC(=O)C2=CN(C)C=CC2)cc1)C(=O)OC(C)C.C=[N+]=CC(=O)CC[C@H](NC(=O)[C@@H](CC(=O)[C@@H](N)CC(C)C)CC(C)C)C(=O)OC(C)C.C=[N+]=CC(=O)CC[C@H](NC(=O)[C@@H](CC(=O)[C@@H](N)CC(C)C)CC(C)C)C(=O)OCC. The highest BCUT2D eigenvalue weighted by molar-refractivity contribution is 6.28. The minimum Gasteiger partial charge on any atom is -0.464 e. The number of nitrogens with one attached hydrogen (secondary N) is 4. The molecule has 0 aliphatic carbocycles. The maximum Gasteiger partial charge on any atom is 0.408 e. The van der Waals surface area contributed by atoms with E-state index in [1.165, 1.54) is 0 Å². The molecule has 2 aliphatic rings. The van der Waals surface area contributed by atoms with Crippen LogP contribution in [0.2, 0.25) is 0 Å². The highest BCUT2D eigenvalue weighted by Crippen LogP contribution is 2.23. The number of carbonyl (C=O) groups is 15. The number of carbonyl (C=O) groups excluding carboxylic acids is 15. The van der Waals surface area contributed by atoms with E-state index in [4.69, 9.17) is 39.9 Å². The van der Waals surface area contributed by atoms with Crippen LogP contribution in [0.4, 0.5) is 4.79 Å². The van der Waals surface area contributed by atoms with Gasteiger partial charge in [-0.3, -0.25) is 43.2 Å². The smallest absolute Gasteiger partial charge is 0.408 e. The van der Waals surface area contributed by atoms with Crippen molar-refractivity contribution in [1.82, 2.24) is 49.7 Å². The molecule has 0 bridgehead atoms. The van der Waals surface area contributed by atoms with E-state index in [-0.39, 0.29) is 160 Å². The van der Waals surface area contributed by atoms with Gasteiger partial charge in [0, 0.05) is 88.8 Å². The summed E-state index contributed by atoms with van der Waals surface area (Å²) in [7, 11) is 3.63. The Morgan fingerprint density at radius 2 is 0.783 bits per heavy atom. The van der Waals surface area contributed by atoms with Gasteiger partial charge in [0.2, 0.25) is 40.9 Å². The Labute approximate surface area is 706 Å². The summed E-state index contributed by atoms with van der Waals surface area (Å²) in [5.41, 5.74) is 13.7. The molecule has 33 nitrogen and oxygen atoms in total. The summed E-state index contributed by atoms with van der Waals surface area (Å²) in [4.78, 5) is 187. The number of hydrogen-bond donors (Lipinski definition) is 6. The Bertz CT molecular complexity index is 3930. The molecule has 3 rings (SSSR count). The zero-order valence-electron chi connectivity index (χ0n) is 73.2. The molecule has 662 valence electrons. The maximum atomic E-state index is 13.0. The zero-order valence-corrected chi connectivity index (χ0v) is 73.2. The third-order valence-electron chi connectivity index (χ3n) is 16.9. The van der Waals surface area contributed by atoms with E-state index in [0.717, 1.165) is 24.9 Å². The van der Waals surface area contributed by atoms with Gasteiger partial charge >= 0.3 is 60.8 Å². The number of nitrogens with two attached hydrogens (primary N) is 2. The summed E-state index contributed by atoms with van der Waals surface area (Å²) in [6.07, 6.45) is 16.6. The minimum atomic E-state index is -1.06. The lowest BCUT2D eigenvalue weighted by atomic mass is 9.88. The van der Waals surface area contributed by atoms with E-state index >= 15 is 0 Å². The molecule has 8 atom stereocenters. The van der Waals surface area contributed by atoms with Crippen LogP contribution in [0.15, 0.2) is 72.4 Å². The van der Waals surface area contributed by atoms with Crippen molar-refractivity contribution in [2.75, 3.05) is 20.7 Å². The van der Waals surface area contributed by atoms with E-state index in [2.05, 4.69) is 66.8 Å². The molecule has 120 heavy (non-hydrogen) atoms. The molecule has 0 saturated heterocycles. The second-order valence-electron chi connectivity index (χ2n) is 31.2. The highest BCUT2D eigenvalue weighted by Gasteiger charge is 2.34. The number of Topliss-reactive ketones (excluding diaryl/α,β-unsaturated/α-hetero) is 6. The fourth-order valence-electron chi connectivity index (χ4n) is 11.4. The number of nitrogens with zero attached hydrogens (tertiary/aromatic N) is 6. The second kappa shape index (κ2) is 60.1. The molecule has 8 N–H and O–H groups in total. The number of hydrogen-bond acceptors (Lipinski definition) is 25. The topological polar surface area (TPSA) is 474 Å². The van der Waals surface area contributed by atoms with Gasteiger partial charge in [0.25, 0.3) is 26.9 Å². The van der Waals surface area contributed by atoms with Gasteiger partial charge in [0.05, 0.1) is 42.6 Å². The van der Waals surface area contributed by atoms with Gasteiger partial charge in [0.1, 0.15) is 48.1 Å². The molecule has 2 aliphatic heterocycles. The first-order valence-electron chi connectivity index (χ1n) is 40.4. The van der Waals surface area contributed by atoms with E-state index in [0.29, 0.717) is 61.0 Å². The van der Waals surface area contributed by atoms with Crippen molar-refractivity contribution in [2.45, 2.75) is 268 Å². The fourth-order valence-corrected chi connectivity index (χ4v) is 11.4. The van der Waals surface area contributed by atoms with Gasteiger partial charge < -0.3 is 71.0 Å². The number of esters is 5. The lowest BCUT2D eigenvalue weighted by molar-refractivity contribution is -0.152. The number of allylic oxidation sites excluding steroid dienone is 2. The third kappa shape index (κ3) is 49.7. The first kappa shape index (κ1) is 109. The van der Waals surface area contributed by atoms with Crippen molar-refractivity contribution < 1.29 is 100 Å². The normalized spacial score (nSPS) is 13.8. The summed E-state index contributed by atoms with van der Waals surface area (Å²) in [6, 6.07) is 1.33. The fraction of sp³-hybridized carbons (Fsp3) is 0.575. The Morgan fingerprint density at radius 1 is 0.450 bits per heavy atom. The number of amides is 4. The average Bonchev–Trinajstić information content (AvgIpc) is 0.880. The number of alkyl carbamates (subject to hydrolysis) is 1. The van der Waals surface area contributed by atoms with Crippen molar-refractivity contribution in [1.29, 1.82) is 0 Å². The Morgan fingerprint density at radius 3 is 1.12 bits per heavy atom. The molecule has 1 aromatic rings. The number of benzene rings is 1. The third-order valence-corrected chi connectivity index (χ3v) is 16.9. The lowest BCUT2D eigenvalue weighted by Gasteiger charge is -2.24. The summed E-state index contributed by atoms with van der Waals surface area (Å²) < 4.78 is 44.7. The first-order chi connectivity index (χ1) is 56.4. The molecule has 1 aromatic carbocycles. The standard InChI is InChI=1S/C25H29N3O7.C23H39N3O5.C22H37N3O5.C17H23N3O4/c1-17(2)34-24(31)22(12-9-20(29)14-26-3)27-25(32)33-16-18-7-10-21(11-8-18)35-23(30)19-6-5-13-28(4)15-19;1-14(2)10-17(12-21(28)19(24)11-15(3)4)22(29)26-20(23(30)31-16(5)6)9-8-18(27)13-25-7;1-7-30-22(29)19(9-8-17(26)13-24-6)25-21(28)16(10-14(2)3)12-20(27)18(23)11-15(4)5;1-12(2)24-17(23)15(8-7-14(21)10-18-3)19-16(22)13-6-5-9-20(4)11-13/h5,7-8,10-11,13-15,17,22H,3,6,9,12,16H2,1-2,4H3;13-17,19-20H,7-12,24H2,1-6H3;13-16,18-19H,6-12,23H2,1-5H3;5,9-12,15H,3,6-8H2,1-2,4H3/p+4/t22-;17-,19+,20+;16-,18+,19+;15-/m0110/s1. The van der Waals surface area contributed by atoms with Crippen LogP contribution in [0.1, 0.15) is 212 Å². The second-order valence-corrected chi connectivity index (χ2v) is 31.2. The zero-order chi connectivity index (χ0) is 91.3. The van der Waals surface area contributed by atoms with E-state index in [9.17, 15) is 71.9 Å². The van der Waals surface area contributed by atoms with Crippen LogP contribution in [0, 0.1) is 35.5 Å². The van der Waals surface area contributed by atoms with Gasteiger partial charge in [0.15, 0.2) is 0 Å². The molecule has 0 radical (unpaired) electrons. The predicted octanol–water partition coefficient (Wildman–Crippen LogP) is 5.23. The van der Waals surface area contributed by atoms with E-state index in [1.54, 1.807) is 94.9 Å². The van der Waals surface area contributed by atoms with Crippen molar-refractivity contribution in [2.24, 2.45) is 47.0 Å². The van der Waals surface area contributed by atoms with Crippen molar-refractivity contribution in [3.05, 3.63) is 77.9 Å². The Hall–Kier alpha value is -11.4. The van der Waals surface area contributed by atoms with Crippen LogP contribution >= 0.6 is 0 Å². The van der Waals surface area contributed by atoms with Crippen molar-refractivity contribution in [3.8, 4) is 5.75 Å². The van der Waals surface area contributed by atoms with Gasteiger partial charge in [-0.1, -0.05) is 79.7 Å². The quantitative estimate of drug-likeness (QED) is 0.0160. The Balaban J connectivity index is 0.00000159. The predicted molar refractivity (Wildman–Crippen MR) is 463 cm³/mol. The van der Waals surface area contributed by atoms with Crippen LogP contribution in [0.25, 0.3) is 0 Å². The summed E-state index contributed by atoms with van der Waals surface area (Å²) in [5.74, 6) is -5.60. The molecule has 0 unspecified atom stereocenters. The van der Waals surface area contributed by atoms with Crippen molar-refractivity contribution >= 4 is 140 Å². The van der Waals surface area contributed by atoms with E-state index in [1.807, 2.05) is 94.0 Å². The molecule has 33 heteroatoms. The van der Waals surface area contributed by atoms with Gasteiger partial charge in [-0.25, -0.2) is 28.8 Å². The molecule has 4 amide bonds. The van der Waals surface area contributed by atoms with Crippen LogP contribution in [-0.4, -0.2) is 225 Å². The monoisotopic (exact) mass is 1680 g/mol.